The minimum atomic E-state index is -0.959. The van der Waals surface area contributed by atoms with E-state index in [0.717, 1.165) is 18.6 Å². The van der Waals surface area contributed by atoms with E-state index in [9.17, 15) is 9.59 Å². The summed E-state index contributed by atoms with van der Waals surface area (Å²) in [6.45, 7) is 1.52. The number of carboxylic acids is 1. The van der Waals surface area contributed by atoms with Crippen LogP contribution in [0.2, 0.25) is 0 Å². The third-order valence-corrected chi connectivity index (χ3v) is 2.43. The van der Waals surface area contributed by atoms with Crippen LogP contribution in [0.3, 0.4) is 0 Å². The highest BCUT2D eigenvalue weighted by Gasteiger charge is 2.09. The molecule has 0 aliphatic rings. The Balaban J connectivity index is 3.26. The first kappa shape index (κ1) is 12.4. The molecular weight excluding hydrogens is 190 g/mol. The second kappa shape index (κ2) is 6.91. The number of carbonyl (C=O) groups is 2. The average Bonchev–Trinajstić information content (AvgIpc) is 2.02. The highest BCUT2D eigenvalue weighted by atomic mass is 32.2. The topological polar surface area (TPSA) is 80.4 Å². The van der Waals surface area contributed by atoms with E-state index < -0.39 is 12.0 Å². The molecule has 0 aromatic heterocycles. The predicted octanol–water partition coefficient (Wildman–Crippen LogP) is 0.848. The molecule has 0 heterocycles. The summed E-state index contributed by atoms with van der Waals surface area (Å²) in [7, 11) is 0. The third-order valence-electron chi connectivity index (χ3n) is 1.53. The van der Waals surface area contributed by atoms with E-state index >= 15 is 0 Å². The molecule has 3 N–H and O–H groups in total. The van der Waals surface area contributed by atoms with E-state index in [2.05, 4.69) is 0 Å². The Morgan fingerprint density at radius 3 is 2.54 bits per heavy atom. The molecule has 0 aromatic carbocycles. The molecule has 13 heavy (non-hydrogen) atoms. The SMILES string of the molecule is CC(=O)SCCCCC(N)C(=O)O. The summed E-state index contributed by atoms with van der Waals surface area (Å²) in [5.41, 5.74) is 5.29. The molecule has 0 radical (unpaired) electrons. The molecule has 0 fully saturated rings. The highest BCUT2D eigenvalue weighted by Crippen LogP contribution is 2.07. The van der Waals surface area contributed by atoms with Gasteiger partial charge in [-0.1, -0.05) is 18.2 Å². The van der Waals surface area contributed by atoms with Crippen LogP contribution in [-0.2, 0) is 9.59 Å². The number of rotatable bonds is 6. The normalized spacial score (nSPS) is 12.5. The van der Waals surface area contributed by atoms with Gasteiger partial charge in [0.2, 0.25) is 0 Å². The highest BCUT2D eigenvalue weighted by molar-refractivity contribution is 8.13. The van der Waals surface area contributed by atoms with Gasteiger partial charge >= 0.3 is 5.97 Å². The van der Waals surface area contributed by atoms with Crippen LogP contribution in [0.1, 0.15) is 26.2 Å². The first-order valence-electron chi connectivity index (χ1n) is 4.15. The number of hydrogen-bond donors (Lipinski definition) is 2. The molecule has 76 valence electrons. The molecule has 1 unspecified atom stereocenters. The number of carboxylic acid groups (broad SMARTS) is 1. The van der Waals surface area contributed by atoms with E-state index in [4.69, 9.17) is 10.8 Å². The van der Waals surface area contributed by atoms with Crippen LogP contribution in [0.4, 0.5) is 0 Å². The number of unbranched alkanes of at least 4 members (excludes halogenated alkanes) is 1. The molecule has 0 saturated carbocycles. The minimum absolute atomic E-state index is 0.0996. The summed E-state index contributed by atoms with van der Waals surface area (Å²) >= 11 is 1.26. The summed E-state index contributed by atoms with van der Waals surface area (Å²) in [6.07, 6.45) is 2.08. The van der Waals surface area contributed by atoms with Crippen molar-refractivity contribution in [2.75, 3.05) is 5.75 Å². The molecule has 0 aliphatic heterocycles. The average molecular weight is 205 g/mol. The third kappa shape index (κ3) is 7.80. The minimum Gasteiger partial charge on any atom is -0.480 e. The Labute approximate surface area is 81.9 Å². The lowest BCUT2D eigenvalue weighted by atomic mass is 10.1. The van der Waals surface area contributed by atoms with Crippen molar-refractivity contribution in [1.82, 2.24) is 0 Å². The Hall–Kier alpha value is -0.550. The van der Waals surface area contributed by atoms with Crippen molar-refractivity contribution in [2.45, 2.75) is 32.2 Å². The number of nitrogens with two attached hydrogens (primary N) is 1. The molecule has 1 atom stereocenters. The second-order valence-electron chi connectivity index (χ2n) is 2.78. The van der Waals surface area contributed by atoms with Gasteiger partial charge < -0.3 is 10.8 Å². The molecule has 4 nitrogen and oxygen atoms in total. The molecule has 0 spiro atoms. The van der Waals surface area contributed by atoms with Crippen molar-refractivity contribution in [1.29, 1.82) is 0 Å². The molecule has 0 aliphatic carbocycles. The quantitative estimate of drug-likeness (QED) is 0.628. The lowest BCUT2D eigenvalue weighted by Gasteiger charge is -2.04. The Morgan fingerprint density at radius 1 is 1.46 bits per heavy atom. The van der Waals surface area contributed by atoms with Crippen LogP contribution in [0.15, 0.2) is 0 Å². The largest absolute Gasteiger partial charge is 0.480 e. The van der Waals surface area contributed by atoms with Crippen molar-refractivity contribution < 1.29 is 14.7 Å². The number of aliphatic carboxylic acids is 1. The summed E-state index contributed by atoms with van der Waals surface area (Å²) < 4.78 is 0. The van der Waals surface area contributed by atoms with Crippen molar-refractivity contribution in [3.8, 4) is 0 Å². The van der Waals surface area contributed by atoms with Crippen LogP contribution in [-0.4, -0.2) is 28.0 Å². The van der Waals surface area contributed by atoms with Gasteiger partial charge in [0.1, 0.15) is 6.04 Å². The van der Waals surface area contributed by atoms with Gasteiger partial charge in [-0.05, 0) is 12.8 Å². The maximum atomic E-state index is 10.5. The fraction of sp³-hybridized carbons (Fsp3) is 0.750. The molecule has 0 saturated heterocycles. The number of hydrogen-bond acceptors (Lipinski definition) is 4. The maximum Gasteiger partial charge on any atom is 0.320 e. The van der Waals surface area contributed by atoms with Crippen LogP contribution >= 0.6 is 11.8 Å². The number of thioether (sulfide) groups is 1. The zero-order valence-corrected chi connectivity index (χ0v) is 8.47. The zero-order chi connectivity index (χ0) is 10.3. The Kier molecular flexibility index (Phi) is 6.62. The standard InChI is InChI=1S/C8H15NO3S/c1-6(10)13-5-3-2-4-7(9)8(11)12/h7H,2-5,9H2,1H3,(H,11,12). The fourth-order valence-electron chi connectivity index (χ4n) is 0.806. The van der Waals surface area contributed by atoms with E-state index in [1.165, 1.54) is 18.7 Å². The van der Waals surface area contributed by atoms with Crippen LogP contribution < -0.4 is 5.73 Å². The smallest absolute Gasteiger partial charge is 0.320 e. The van der Waals surface area contributed by atoms with Crippen molar-refractivity contribution >= 4 is 22.8 Å². The van der Waals surface area contributed by atoms with Gasteiger partial charge in [-0.3, -0.25) is 9.59 Å². The van der Waals surface area contributed by atoms with Gasteiger partial charge in [0.05, 0.1) is 0 Å². The molecule has 0 aromatic rings. The van der Waals surface area contributed by atoms with E-state index in [-0.39, 0.29) is 5.12 Å². The lowest BCUT2D eigenvalue weighted by Crippen LogP contribution is -2.29. The van der Waals surface area contributed by atoms with E-state index in [0.29, 0.717) is 6.42 Å². The second-order valence-corrected chi connectivity index (χ2v) is 4.05. The van der Waals surface area contributed by atoms with Gasteiger partial charge in [-0.25, -0.2) is 0 Å². The molecular formula is C8H15NO3S. The molecule has 0 amide bonds. The lowest BCUT2D eigenvalue weighted by molar-refractivity contribution is -0.138. The van der Waals surface area contributed by atoms with Crippen molar-refractivity contribution in [3.63, 3.8) is 0 Å². The van der Waals surface area contributed by atoms with Crippen molar-refractivity contribution in [2.24, 2.45) is 5.73 Å². The van der Waals surface area contributed by atoms with E-state index in [1.807, 2.05) is 0 Å². The zero-order valence-electron chi connectivity index (χ0n) is 7.66. The molecule has 0 rings (SSSR count). The van der Waals surface area contributed by atoms with Gasteiger partial charge in [0.15, 0.2) is 5.12 Å². The molecule has 0 bridgehead atoms. The van der Waals surface area contributed by atoms with Crippen molar-refractivity contribution in [3.05, 3.63) is 0 Å². The van der Waals surface area contributed by atoms with Crippen LogP contribution in [0.25, 0.3) is 0 Å². The Morgan fingerprint density at radius 2 is 2.08 bits per heavy atom. The molecule has 5 heteroatoms. The van der Waals surface area contributed by atoms with Crippen LogP contribution in [0, 0.1) is 0 Å². The maximum absolute atomic E-state index is 10.5. The summed E-state index contributed by atoms with van der Waals surface area (Å²) in [6, 6.07) is -0.762. The van der Waals surface area contributed by atoms with Gasteiger partial charge in [-0.15, -0.1) is 0 Å². The number of carbonyl (C=O) groups excluding carboxylic acids is 1. The van der Waals surface area contributed by atoms with Gasteiger partial charge in [0, 0.05) is 12.7 Å². The van der Waals surface area contributed by atoms with Gasteiger partial charge in [-0.2, -0.15) is 0 Å². The summed E-state index contributed by atoms with van der Waals surface area (Å²) in [5, 5.41) is 8.54. The van der Waals surface area contributed by atoms with Crippen LogP contribution in [0.5, 0.6) is 0 Å². The fourth-order valence-corrected chi connectivity index (χ4v) is 1.44. The first-order chi connectivity index (χ1) is 6.04. The summed E-state index contributed by atoms with van der Waals surface area (Å²) in [4.78, 5) is 20.8. The van der Waals surface area contributed by atoms with Gasteiger partial charge in [0.25, 0.3) is 0 Å². The monoisotopic (exact) mass is 205 g/mol. The predicted molar refractivity (Wildman–Crippen MR) is 52.6 cm³/mol. The first-order valence-corrected chi connectivity index (χ1v) is 5.14. The summed E-state index contributed by atoms with van der Waals surface area (Å²) in [5.74, 6) is -0.207. The Bertz CT molecular complexity index is 184. The van der Waals surface area contributed by atoms with E-state index in [1.54, 1.807) is 0 Å².